The van der Waals surface area contributed by atoms with Gasteiger partial charge in [0, 0.05) is 15.7 Å². The van der Waals surface area contributed by atoms with Gasteiger partial charge in [-0.15, -0.1) is 11.3 Å². The van der Waals surface area contributed by atoms with Gasteiger partial charge >= 0.3 is 0 Å². The molecule has 0 N–H and O–H groups in total. The summed E-state index contributed by atoms with van der Waals surface area (Å²) in [6, 6.07) is 0. The number of hydrogen-bond donors (Lipinski definition) is 0. The molecular formula is C7H10INS. The Morgan fingerprint density at radius 1 is 1.80 bits per heavy atom. The highest BCUT2D eigenvalue weighted by Gasteiger charge is 2.02. The summed E-state index contributed by atoms with van der Waals surface area (Å²) in [5, 5.41) is 2.13. The van der Waals surface area contributed by atoms with Gasteiger partial charge in [-0.3, -0.25) is 0 Å². The SMILES string of the molecule is CCC(I)Cc1cscn1. The Hall–Kier alpha value is 0.360. The van der Waals surface area contributed by atoms with E-state index in [9.17, 15) is 0 Å². The monoisotopic (exact) mass is 267 g/mol. The maximum Gasteiger partial charge on any atom is 0.0794 e. The molecule has 0 bridgehead atoms. The molecule has 1 nitrogen and oxygen atoms in total. The van der Waals surface area contributed by atoms with Crippen LogP contribution in [0.4, 0.5) is 0 Å². The Balaban J connectivity index is 2.40. The second-order valence-corrected chi connectivity index (χ2v) is 4.67. The highest BCUT2D eigenvalue weighted by Crippen LogP contribution is 2.12. The standard InChI is InChI=1S/C7H10INS/c1-2-6(8)3-7-4-10-5-9-7/h4-6H,2-3H2,1H3. The van der Waals surface area contributed by atoms with Crippen LogP contribution in [0.25, 0.3) is 0 Å². The fourth-order valence-electron chi connectivity index (χ4n) is 0.710. The normalized spacial score (nSPS) is 13.4. The molecule has 1 aromatic rings. The molecular weight excluding hydrogens is 257 g/mol. The fraction of sp³-hybridized carbons (Fsp3) is 0.571. The van der Waals surface area contributed by atoms with Crippen molar-refractivity contribution in [3.05, 3.63) is 16.6 Å². The van der Waals surface area contributed by atoms with Gasteiger partial charge in [-0.1, -0.05) is 29.5 Å². The lowest BCUT2D eigenvalue weighted by Gasteiger charge is -2.01. The first-order chi connectivity index (χ1) is 4.83. The summed E-state index contributed by atoms with van der Waals surface area (Å²) in [6.07, 6.45) is 2.36. The third-order valence-electron chi connectivity index (χ3n) is 1.36. The quantitative estimate of drug-likeness (QED) is 0.606. The van der Waals surface area contributed by atoms with Crippen molar-refractivity contribution in [3.63, 3.8) is 0 Å². The summed E-state index contributed by atoms with van der Waals surface area (Å²) in [4.78, 5) is 4.22. The summed E-state index contributed by atoms with van der Waals surface area (Å²) < 4.78 is 0.750. The Labute approximate surface area is 79.0 Å². The van der Waals surface area contributed by atoms with E-state index in [0.29, 0.717) is 0 Å². The minimum Gasteiger partial charge on any atom is -0.250 e. The molecule has 1 unspecified atom stereocenters. The summed E-state index contributed by atoms with van der Waals surface area (Å²) in [5.41, 5.74) is 3.14. The Morgan fingerprint density at radius 3 is 3.10 bits per heavy atom. The van der Waals surface area contributed by atoms with Crippen LogP contribution in [0.2, 0.25) is 0 Å². The molecule has 1 rings (SSSR count). The largest absolute Gasteiger partial charge is 0.250 e. The van der Waals surface area contributed by atoms with Crippen molar-refractivity contribution in [1.29, 1.82) is 0 Å². The number of halogens is 1. The zero-order valence-corrected chi connectivity index (χ0v) is 8.85. The van der Waals surface area contributed by atoms with Gasteiger partial charge < -0.3 is 0 Å². The molecule has 0 amide bonds. The Morgan fingerprint density at radius 2 is 2.60 bits per heavy atom. The predicted octanol–water partition coefficient (Wildman–Crippen LogP) is 2.90. The smallest absolute Gasteiger partial charge is 0.0794 e. The molecule has 0 aliphatic carbocycles. The van der Waals surface area contributed by atoms with Gasteiger partial charge in [-0.2, -0.15) is 0 Å². The lowest BCUT2D eigenvalue weighted by atomic mass is 10.2. The number of thiazole rings is 1. The van der Waals surface area contributed by atoms with E-state index < -0.39 is 0 Å². The third kappa shape index (κ3) is 2.54. The van der Waals surface area contributed by atoms with Crippen molar-refractivity contribution in [2.24, 2.45) is 0 Å². The number of nitrogens with zero attached hydrogens (tertiary/aromatic N) is 1. The Kier molecular flexibility index (Phi) is 3.62. The first-order valence-electron chi connectivity index (χ1n) is 3.34. The van der Waals surface area contributed by atoms with Crippen molar-refractivity contribution in [2.75, 3.05) is 0 Å². The van der Waals surface area contributed by atoms with Crippen LogP contribution in [0.15, 0.2) is 10.9 Å². The van der Waals surface area contributed by atoms with Gasteiger partial charge in [0.2, 0.25) is 0 Å². The topological polar surface area (TPSA) is 12.9 Å². The molecule has 10 heavy (non-hydrogen) atoms. The van der Waals surface area contributed by atoms with Crippen molar-refractivity contribution in [3.8, 4) is 0 Å². The van der Waals surface area contributed by atoms with E-state index in [1.165, 1.54) is 12.1 Å². The maximum absolute atomic E-state index is 4.22. The van der Waals surface area contributed by atoms with Crippen LogP contribution in [-0.4, -0.2) is 8.91 Å². The van der Waals surface area contributed by atoms with Crippen LogP contribution in [0.3, 0.4) is 0 Å². The first-order valence-corrected chi connectivity index (χ1v) is 5.53. The molecule has 0 spiro atoms. The van der Waals surface area contributed by atoms with Gasteiger partial charge in [-0.25, -0.2) is 4.98 Å². The van der Waals surface area contributed by atoms with E-state index in [1.807, 2.05) is 5.51 Å². The molecule has 0 radical (unpaired) electrons. The molecule has 0 saturated carbocycles. The van der Waals surface area contributed by atoms with E-state index in [0.717, 1.165) is 10.3 Å². The molecule has 1 heterocycles. The van der Waals surface area contributed by atoms with Crippen molar-refractivity contribution in [1.82, 2.24) is 4.98 Å². The van der Waals surface area contributed by atoms with Crippen LogP contribution in [0.5, 0.6) is 0 Å². The minimum atomic E-state index is 0.750. The maximum atomic E-state index is 4.22. The average molecular weight is 267 g/mol. The van der Waals surface area contributed by atoms with Crippen LogP contribution in [0.1, 0.15) is 19.0 Å². The third-order valence-corrected chi connectivity index (χ3v) is 3.31. The summed E-state index contributed by atoms with van der Waals surface area (Å²) in [7, 11) is 0. The number of hydrogen-bond acceptors (Lipinski definition) is 2. The molecule has 0 fully saturated rings. The average Bonchev–Trinajstić information content (AvgIpc) is 2.40. The summed E-state index contributed by atoms with van der Waals surface area (Å²) >= 11 is 4.15. The lowest BCUT2D eigenvalue weighted by molar-refractivity contribution is 0.828. The predicted molar refractivity (Wildman–Crippen MR) is 53.9 cm³/mol. The van der Waals surface area contributed by atoms with Crippen LogP contribution in [0, 0.1) is 0 Å². The number of alkyl halides is 1. The van der Waals surface area contributed by atoms with E-state index in [-0.39, 0.29) is 0 Å². The molecule has 0 saturated heterocycles. The molecule has 1 atom stereocenters. The van der Waals surface area contributed by atoms with E-state index >= 15 is 0 Å². The molecule has 0 aromatic carbocycles. The fourth-order valence-corrected chi connectivity index (χ4v) is 1.73. The van der Waals surface area contributed by atoms with Gasteiger partial charge in [0.15, 0.2) is 0 Å². The van der Waals surface area contributed by atoms with E-state index in [2.05, 4.69) is 39.9 Å². The van der Waals surface area contributed by atoms with Crippen LogP contribution >= 0.6 is 33.9 Å². The molecule has 0 aliphatic rings. The van der Waals surface area contributed by atoms with Crippen LogP contribution in [-0.2, 0) is 6.42 Å². The van der Waals surface area contributed by atoms with Crippen molar-refractivity contribution >= 4 is 33.9 Å². The zero-order valence-electron chi connectivity index (χ0n) is 5.88. The molecule has 3 heteroatoms. The van der Waals surface area contributed by atoms with E-state index in [4.69, 9.17) is 0 Å². The highest BCUT2D eigenvalue weighted by molar-refractivity contribution is 14.1. The van der Waals surface area contributed by atoms with E-state index in [1.54, 1.807) is 11.3 Å². The lowest BCUT2D eigenvalue weighted by Crippen LogP contribution is -1.99. The number of rotatable bonds is 3. The zero-order chi connectivity index (χ0) is 7.40. The van der Waals surface area contributed by atoms with Crippen molar-refractivity contribution in [2.45, 2.75) is 23.7 Å². The second kappa shape index (κ2) is 4.28. The van der Waals surface area contributed by atoms with Gasteiger partial charge in [0.05, 0.1) is 11.2 Å². The molecule has 56 valence electrons. The van der Waals surface area contributed by atoms with Gasteiger partial charge in [0.1, 0.15) is 0 Å². The molecule has 1 aromatic heterocycles. The van der Waals surface area contributed by atoms with Gasteiger partial charge in [0.25, 0.3) is 0 Å². The molecule has 0 aliphatic heterocycles. The van der Waals surface area contributed by atoms with Crippen LogP contribution < -0.4 is 0 Å². The summed E-state index contributed by atoms with van der Waals surface area (Å²) in [6.45, 7) is 2.21. The summed E-state index contributed by atoms with van der Waals surface area (Å²) in [5.74, 6) is 0. The second-order valence-electron chi connectivity index (χ2n) is 2.19. The van der Waals surface area contributed by atoms with Gasteiger partial charge in [-0.05, 0) is 6.42 Å². The van der Waals surface area contributed by atoms with Crippen molar-refractivity contribution < 1.29 is 0 Å². The Bertz CT molecular complexity index is 174. The highest BCUT2D eigenvalue weighted by atomic mass is 127. The number of aromatic nitrogens is 1. The minimum absolute atomic E-state index is 0.750. The first kappa shape index (κ1) is 8.46.